The summed E-state index contributed by atoms with van der Waals surface area (Å²) >= 11 is 0. The molecule has 0 spiro atoms. The largest absolute Gasteiger partial charge is 0.390 e. The molecule has 0 saturated heterocycles. The third kappa shape index (κ3) is 5.01. The van der Waals surface area contributed by atoms with Gasteiger partial charge in [0.15, 0.2) is 23.0 Å². The summed E-state index contributed by atoms with van der Waals surface area (Å²) in [5.41, 5.74) is -2.14. The Morgan fingerprint density at radius 3 is 1.96 bits per heavy atom. The topological polar surface area (TPSA) is 91.7 Å². The van der Waals surface area contributed by atoms with Gasteiger partial charge >= 0.3 is 0 Å². The Balaban J connectivity index is 3.17. The number of hydrogen-bond acceptors (Lipinski definition) is 5. The van der Waals surface area contributed by atoms with Crippen LogP contribution in [0.5, 0.6) is 0 Å². The number of ketones is 3. The van der Waals surface area contributed by atoms with Crippen LogP contribution in [0.1, 0.15) is 73.6 Å². The SMILES string of the molecule is CC(C)CC[C@@H](O)[C@]1(O)C(=O)C(C(=O)CC(C)C)C(=O)[C@H]1CCC(C)C. The zero-order valence-corrected chi connectivity index (χ0v) is 17.1. The highest BCUT2D eigenvalue weighted by Crippen LogP contribution is 2.42. The van der Waals surface area contributed by atoms with E-state index in [0.29, 0.717) is 31.1 Å². The molecule has 2 N–H and O–H groups in total. The lowest BCUT2D eigenvalue weighted by Crippen LogP contribution is -2.52. The molecule has 0 heterocycles. The van der Waals surface area contributed by atoms with E-state index >= 15 is 0 Å². The quantitative estimate of drug-likeness (QED) is 0.579. The van der Waals surface area contributed by atoms with Gasteiger partial charge in [-0.15, -0.1) is 0 Å². The number of carbonyl (C=O) groups is 3. The van der Waals surface area contributed by atoms with Gasteiger partial charge in [-0.1, -0.05) is 48.0 Å². The molecule has 5 heteroatoms. The first-order valence-electron chi connectivity index (χ1n) is 9.94. The summed E-state index contributed by atoms with van der Waals surface area (Å²) in [6.07, 6.45) is 0.618. The van der Waals surface area contributed by atoms with Gasteiger partial charge in [0.2, 0.25) is 0 Å². The van der Waals surface area contributed by atoms with E-state index in [1.54, 1.807) is 0 Å². The number of Topliss-reactive ketones (excluding diaryl/α,β-unsaturated/α-hetero) is 3. The molecule has 0 amide bonds. The van der Waals surface area contributed by atoms with Crippen molar-refractivity contribution in [2.75, 3.05) is 0 Å². The van der Waals surface area contributed by atoms with Crippen molar-refractivity contribution in [3.05, 3.63) is 0 Å². The highest BCUT2D eigenvalue weighted by Gasteiger charge is 2.63. The molecule has 0 aromatic rings. The molecule has 0 aliphatic heterocycles. The van der Waals surface area contributed by atoms with E-state index in [4.69, 9.17) is 0 Å². The van der Waals surface area contributed by atoms with E-state index in [1.807, 2.05) is 41.5 Å². The minimum Gasteiger partial charge on any atom is -0.390 e. The molecule has 1 rings (SSSR count). The van der Waals surface area contributed by atoms with Crippen LogP contribution in [0.3, 0.4) is 0 Å². The zero-order chi connectivity index (χ0) is 20.2. The fourth-order valence-electron chi connectivity index (χ4n) is 3.75. The maximum Gasteiger partial charge on any atom is 0.185 e. The van der Waals surface area contributed by atoms with Crippen molar-refractivity contribution in [2.24, 2.45) is 29.6 Å². The Labute approximate surface area is 157 Å². The molecule has 1 fully saturated rings. The second-order valence-electron chi connectivity index (χ2n) is 9.10. The van der Waals surface area contributed by atoms with E-state index in [1.165, 1.54) is 0 Å². The van der Waals surface area contributed by atoms with Crippen molar-refractivity contribution in [2.45, 2.75) is 85.4 Å². The van der Waals surface area contributed by atoms with Gasteiger partial charge in [0, 0.05) is 6.42 Å². The summed E-state index contributed by atoms with van der Waals surface area (Å²) in [5.74, 6) is -3.54. The maximum absolute atomic E-state index is 13.0. The van der Waals surface area contributed by atoms with Gasteiger partial charge < -0.3 is 10.2 Å². The lowest BCUT2D eigenvalue weighted by atomic mass is 9.78. The van der Waals surface area contributed by atoms with Gasteiger partial charge in [0.05, 0.1) is 12.0 Å². The Morgan fingerprint density at radius 1 is 0.962 bits per heavy atom. The highest BCUT2D eigenvalue weighted by molar-refractivity contribution is 6.27. The van der Waals surface area contributed by atoms with E-state index in [2.05, 4.69) is 0 Å². The van der Waals surface area contributed by atoms with Crippen LogP contribution in [0.4, 0.5) is 0 Å². The number of carbonyl (C=O) groups excluding carboxylic acids is 3. The molecule has 5 nitrogen and oxygen atoms in total. The molecular weight excluding hydrogens is 332 g/mol. The minimum absolute atomic E-state index is 0.0248. The van der Waals surface area contributed by atoms with Crippen molar-refractivity contribution in [1.82, 2.24) is 0 Å². The third-order valence-corrected chi connectivity index (χ3v) is 5.31. The Kier molecular flexibility index (Phi) is 8.15. The van der Waals surface area contributed by atoms with Gasteiger partial charge in [0.25, 0.3) is 0 Å². The molecule has 1 saturated carbocycles. The fraction of sp³-hybridized carbons (Fsp3) is 0.857. The zero-order valence-electron chi connectivity index (χ0n) is 17.1. The van der Waals surface area contributed by atoms with Crippen molar-refractivity contribution in [3.8, 4) is 0 Å². The number of hydrogen-bond donors (Lipinski definition) is 2. The first kappa shape index (κ1) is 23.0. The van der Waals surface area contributed by atoms with Crippen LogP contribution < -0.4 is 0 Å². The minimum atomic E-state index is -2.14. The van der Waals surface area contributed by atoms with Crippen molar-refractivity contribution in [1.29, 1.82) is 0 Å². The lowest BCUT2D eigenvalue weighted by Gasteiger charge is -2.33. The Morgan fingerprint density at radius 2 is 1.50 bits per heavy atom. The third-order valence-electron chi connectivity index (χ3n) is 5.31. The van der Waals surface area contributed by atoms with Crippen molar-refractivity contribution in [3.63, 3.8) is 0 Å². The standard InChI is InChI=1S/C21H36O5/c1-12(2)7-9-15-19(24)18(16(22)11-14(5)6)20(25)21(15,26)17(23)10-8-13(3)4/h12-15,17-18,23,26H,7-11H2,1-6H3/t15-,17-,18?,21+/m1/s1. The molecule has 4 atom stereocenters. The summed E-state index contributed by atoms with van der Waals surface area (Å²) in [6, 6.07) is 0. The summed E-state index contributed by atoms with van der Waals surface area (Å²) in [7, 11) is 0. The van der Waals surface area contributed by atoms with Crippen molar-refractivity contribution < 1.29 is 24.6 Å². The molecule has 1 aliphatic carbocycles. The van der Waals surface area contributed by atoms with Crippen LogP contribution in [-0.4, -0.2) is 39.3 Å². The van der Waals surface area contributed by atoms with E-state index in [-0.39, 0.29) is 18.8 Å². The molecule has 0 aromatic heterocycles. The Bertz CT molecular complexity index is 522. The first-order chi connectivity index (χ1) is 11.9. The molecule has 150 valence electrons. The molecule has 0 radical (unpaired) electrons. The average Bonchev–Trinajstić information content (AvgIpc) is 2.69. The summed E-state index contributed by atoms with van der Waals surface area (Å²) in [6.45, 7) is 11.7. The smallest absolute Gasteiger partial charge is 0.185 e. The van der Waals surface area contributed by atoms with Crippen LogP contribution in [-0.2, 0) is 14.4 Å². The van der Waals surface area contributed by atoms with Gasteiger partial charge in [-0.05, 0) is 37.0 Å². The predicted molar refractivity (Wildman–Crippen MR) is 101 cm³/mol. The van der Waals surface area contributed by atoms with E-state index in [0.717, 1.165) is 0 Å². The summed E-state index contributed by atoms with van der Waals surface area (Å²) in [4.78, 5) is 38.3. The molecule has 26 heavy (non-hydrogen) atoms. The molecule has 1 unspecified atom stereocenters. The molecular formula is C21H36O5. The van der Waals surface area contributed by atoms with E-state index in [9.17, 15) is 24.6 Å². The molecule has 0 aromatic carbocycles. The predicted octanol–water partition coefficient (Wildman–Crippen LogP) is 2.95. The van der Waals surface area contributed by atoms with Crippen LogP contribution in [0.15, 0.2) is 0 Å². The van der Waals surface area contributed by atoms with Crippen molar-refractivity contribution >= 4 is 17.3 Å². The summed E-state index contributed by atoms with van der Waals surface area (Å²) < 4.78 is 0. The number of aliphatic hydroxyl groups excluding tert-OH is 1. The van der Waals surface area contributed by atoms with Crippen LogP contribution in [0, 0.1) is 29.6 Å². The molecule has 1 aliphatic rings. The van der Waals surface area contributed by atoms with Crippen LogP contribution >= 0.6 is 0 Å². The van der Waals surface area contributed by atoms with Gasteiger partial charge in [-0.2, -0.15) is 0 Å². The van der Waals surface area contributed by atoms with Gasteiger partial charge in [0.1, 0.15) is 5.92 Å². The van der Waals surface area contributed by atoms with E-state index < -0.39 is 40.9 Å². The Hall–Kier alpha value is -1.07. The monoisotopic (exact) mass is 368 g/mol. The maximum atomic E-state index is 13.0. The highest BCUT2D eigenvalue weighted by atomic mass is 16.4. The van der Waals surface area contributed by atoms with Gasteiger partial charge in [-0.3, -0.25) is 14.4 Å². The van der Waals surface area contributed by atoms with Gasteiger partial charge in [-0.25, -0.2) is 0 Å². The molecule has 0 bridgehead atoms. The second-order valence-corrected chi connectivity index (χ2v) is 9.10. The fourth-order valence-corrected chi connectivity index (χ4v) is 3.75. The van der Waals surface area contributed by atoms with Crippen LogP contribution in [0.25, 0.3) is 0 Å². The summed E-state index contributed by atoms with van der Waals surface area (Å²) in [5, 5.41) is 21.8. The first-order valence-corrected chi connectivity index (χ1v) is 9.94. The lowest BCUT2D eigenvalue weighted by molar-refractivity contribution is -0.157. The number of aliphatic hydroxyl groups is 2. The normalized spacial score (nSPS) is 27.8. The second kappa shape index (κ2) is 9.23. The number of rotatable bonds is 10. The average molecular weight is 369 g/mol. The van der Waals surface area contributed by atoms with Crippen LogP contribution in [0.2, 0.25) is 0 Å².